The van der Waals surface area contributed by atoms with Crippen molar-refractivity contribution in [1.29, 1.82) is 0 Å². The van der Waals surface area contributed by atoms with Crippen molar-refractivity contribution in [2.45, 2.75) is 45.6 Å². The summed E-state index contributed by atoms with van der Waals surface area (Å²) in [6.45, 7) is 4.07. The topological polar surface area (TPSA) is 111 Å². The minimum absolute atomic E-state index is 0.00251. The van der Waals surface area contributed by atoms with Gasteiger partial charge in [0.25, 0.3) is 5.69 Å². The maximum atomic E-state index is 12.3. The highest BCUT2D eigenvalue weighted by Gasteiger charge is 2.31. The molecule has 1 aliphatic carbocycles. The first kappa shape index (κ1) is 18.0. The van der Waals surface area contributed by atoms with Gasteiger partial charge in [0.05, 0.1) is 4.92 Å². The summed E-state index contributed by atoms with van der Waals surface area (Å²) in [7, 11) is 0. The van der Waals surface area contributed by atoms with Gasteiger partial charge in [0.2, 0.25) is 17.6 Å². The number of hydrogen-bond acceptors (Lipinski definition) is 6. The van der Waals surface area contributed by atoms with Gasteiger partial charge in [-0.2, -0.15) is 4.98 Å². The zero-order valence-electron chi connectivity index (χ0n) is 14.8. The molecule has 1 aliphatic rings. The van der Waals surface area contributed by atoms with Crippen molar-refractivity contribution >= 4 is 11.6 Å². The van der Waals surface area contributed by atoms with Gasteiger partial charge in [-0.15, -0.1) is 0 Å². The lowest BCUT2D eigenvalue weighted by Crippen LogP contribution is -2.39. The first-order valence-corrected chi connectivity index (χ1v) is 8.88. The van der Waals surface area contributed by atoms with Crippen LogP contribution < -0.4 is 5.32 Å². The predicted molar refractivity (Wildman–Crippen MR) is 94.1 cm³/mol. The van der Waals surface area contributed by atoms with E-state index >= 15 is 0 Å². The third-order valence-corrected chi connectivity index (χ3v) is 5.03. The number of non-ortho nitro benzene ring substituents is 1. The Morgan fingerprint density at radius 3 is 2.62 bits per heavy atom. The second kappa shape index (κ2) is 7.63. The van der Waals surface area contributed by atoms with Crippen LogP contribution in [-0.4, -0.2) is 21.0 Å². The van der Waals surface area contributed by atoms with Crippen LogP contribution in [0.15, 0.2) is 28.8 Å². The fourth-order valence-corrected chi connectivity index (χ4v) is 2.84. The van der Waals surface area contributed by atoms with Crippen LogP contribution in [0.4, 0.5) is 5.69 Å². The van der Waals surface area contributed by atoms with Crippen molar-refractivity contribution in [3.8, 4) is 11.4 Å². The molecule has 1 aromatic carbocycles. The summed E-state index contributed by atoms with van der Waals surface area (Å²) < 4.78 is 5.40. The average Bonchev–Trinajstić information content (AvgIpc) is 3.07. The number of aromatic nitrogens is 2. The van der Waals surface area contributed by atoms with Crippen molar-refractivity contribution in [1.82, 2.24) is 15.5 Å². The number of hydrogen-bond donors (Lipinski definition) is 1. The Balaban J connectivity index is 1.79. The van der Waals surface area contributed by atoms with Gasteiger partial charge in [0.1, 0.15) is 6.04 Å². The fourth-order valence-electron chi connectivity index (χ4n) is 2.84. The summed E-state index contributed by atoms with van der Waals surface area (Å²) in [5, 5.41) is 17.8. The zero-order valence-corrected chi connectivity index (χ0v) is 14.8. The number of nitro groups is 1. The maximum absolute atomic E-state index is 12.3. The SMILES string of the molecule is CC[C@@H](C)[C@H](NC(=O)C1CCC1)c1nc(-c2ccc([N+](=O)[O-])cc2)no1. The highest BCUT2D eigenvalue weighted by Crippen LogP contribution is 2.30. The number of rotatable bonds is 7. The number of nitrogens with zero attached hydrogens (tertiary/aromatic N) is 3. The Morgan fingerprint density at radius 1 is 1.38 bits per heavy atom. The largest absolute Gasteiger partial charge is 0.344 e. The average molecular weight is 358 g/mol. The smallest absolute Gasteiger partial charge is 0.269 e. The summed E-state index contributed by atoms with van der Waals surface area (Å²) >= 11 is 0. The van der Waals surface area contributed by atoms with Crippen molar-refractivity contribution in [3.05, 3.63) is 40.3 Å². The van der Waals surface area contributed by atoms with E-state index in [-0.39, 0.29) is 29.5 Å². The highest BCUT2D eigenvalue weighted by atomic mass is 16.6. The van der Waals surface area contributed by atoms with Crippen molar-refractivity contribution in [3.63, 3.8) is 0 Å². The molecule has 1 fully saturated rings. The van der Waals surface area contributed by atoms with Crippen LogP contribution in [0.1, 0.15) is 51.5 Å². The molecule has 8 nitrogen and oxygen atoms in total. The Kier molecular flexibility index (Phi) is 5.29. The second-order valence-electron chi connectivity index (χ2n) is 6.76. The molecular formula is C18H22N4O4. The van der Waals surface area contributed by atoms with E-state index in [4.69, 9.17) is 4.52 Å². The summed E-state index contributed by atoms with van der Waals surface area (Å²) in [5.41, 5.74) is 0.626. The number of amides is 1. The van der Waals surface area contributed by atoms with E-state index in [0.29, 0.717) is 17.3 Å². The Morgan fingerprint density at radius 2 is 2.08 bits per heavy atom. The van der Waals surface area contributed by atoms with Crippen molar-refractivity contribution in [2.24, 2.45) is 11.8 Å². The molecule has 26 heavy (non-hydrogen) atoms. The van der Waals surface area contributed by atoms with Gasteiger partial charge in [-0.3, -0.25) is 14.9 Å². The van der Waals surface area contributed by atoms with Crippen molar-refractivity contribution < 1.29 is 14.2 Å². The van der Waals surface area contributed by atoms with Crippen LogP contribution >= 0.6 is 0 Å². The minimum atomic E-state index is -0.458. The van der Waals surface area contributed by atoms with Gasteiger partial charge in [-0.05, 0) is 30.9 Å². The monoisotopic (exact) mass is 358 g/mol. The van der Waals surface area contributed by atoms with Gasteiger partial charge in [0.15, 0.2) is 0 Å². The molecule has 0 saturated heterocycles. The number of carbonyl (C=O) groups excluding carboxylic acids is 1. The first-order valence-electron chi connectivity index (χ1n) is 8.88. The van der Waals surface area contributed by atoms with Crippen LogP contribution in [-0.2, 0) is 4.79 Å². The van der Waals surface area contributed by atoms with Gasteiger partial charge < -0.3 is 9.84 Å². The Hall–Kier alpha value is -2.77. The molecule has 1 amide bonds. The third kappa shape index (κ3) is 3.74. The summed E-state index contributed by atoms with van der Waals surface area (Å²) in [5.74, 6) is 0.973. The summed E-state index contributed by atoms with van der Waals surface area (Å²) in [4.78, 5) is 27.1. The van der Waals surface area contributed by atoms with E-state index in [0.717, 1.165) is 25.7 Å². The number of nitro benzene ring substituents is 1. The lowest BCUT2D eigenvalue weighted by Gasteiger charge is -2.28. The molecule has 0 spiro atoms. The maximum Gasteiger partial charge on any atom is 0.269 e. The molecular weight excluding hydrogens is 336 g/mol. The van der Waals surface area contributed by atoms with Crippen LogP contribution in [0, 0.1) is 22.0 Å². The first-order chi connectivity index (χ1) is 12.5. The van der Waals surface area contributed by atoms with E-state index < -0.39 is 4.92 Å². The Labute approximate surface area is 151 Å². The Bertz CT molecular complexity index is 783. The van der Waals surface area contributed by atoms with Crippen LogP contribution in [0.5, 0.6) is 0 Å². The summed E-state index contributed by atoms with van der Waals surface area (Å²) in [6, 6.07) is 5.62. The van der Waals surface area contributed by atoms with E-state index in [9.17, 15) is 14.9 Å². The second-order valence-corrected chi connectivity index (χ2v) is 6.76. The molecule has 0 aliphatic heterocycles. The van der Waals surface area contributed by atoms with Crippen LogP contribution in [0.2, 0.25) is 0 Å². The zero-order chi connectivity index (χ0) is 18.7. The summed E-state index contributed by atoms with van der Waals surface area (Å²) in [6.07, 6.45) is 3.80. The molecule has 2 aromatic rings. The van der Waals surface area contributed by atoms with Gasteiger partial charge >= 0.3 is 0 Å². The molecule has 0 bridgehead atoms. The fraction of sp³-hybridized carbons (Fsp3) is 0.500. The number of nitrogens with one attached hydrogen (secondary N) is 1. The van der Waals surface area contributed by atoms with Crippen LogP contribution in [0.25, 0.3) is 11.4 Å². The third-order valence-electron chi connectivity index (χ3n) is 5.03. The molecule has 3 rings (SSSR count). The molecule has 1 aromatic heterocycles. The molecule has 0 radical (unpaired) electrons. The normalized spacial score (nSPS) is 16.5. The number of benzene rings is 1. The molecule has 1 N–H and O–H groups in total. The standard InChI is InChI=1S/C18H22N4O4/c1-3-11(2)15(19-17(23)13-5-4-6-13)18-20-16(21-26-18)12-7-9-14(10-8-12)22(24)25/h7-11,13,15H,3-6H2,1-2H3,(H,19,23)/t11-,15+/m1/s1. The van der Waals surface area contributed by atoms with E-state index in [1.165, 1.54) is 12.1 Å². The van der Waals surface area contributed by atoms with E-state index in [1.54, 1.807) is 12.1 Å². The molecule has 2 atom stereocenters. The minimum Gasteiger partial charge on any atom is -0.344 e. The lowest BCUT2D eigenvalue weighted by atomic mass is 9.84. The van der Waals surface area contributed by atoms with Crippen molar-refractivity contribution in [2.75, 3.05) is 0 Å². The molecule has 0 unspecified atom stereocenters. The van der Waals surface area contributed by atoms with E-state index in [2.05, 4.69) is 15.5 Å². The van der Waals surface area contributed by atoms with E-state index in [1.807, 2.05) is 13.8 Å². The highest BCUT2D eigenvalue weighted by molar-refractivity contribution is 5.79. The predicted octanol–water partition coefficient (Wildman–Crippen LogP) is 3.65. The van der Waals surface area contributed by atoms with Gasteiger partial charge in [-0.1, -0.05) is 31.8 Å². The molecule has 138 valence electrons. The lowest BCUT2D eigenvalue weighted by molar-refractivity contribution is -0.384. The van der Waals surface area contributed by atoms with Crippen LogP contribution in [0.3, 0.4) is 0 Å². The van der Waals surface area contributed by atoms with Gasteiger partial charge in [0, 0.05) is 23.6 Å². The molecule has 8 heteroatoms. The quantitative estimate of drug-likeness (QED) is 0.597. The number of carbonyl (C=O) groups is 1. The van der Waals surface area contributed by atoms with Gasteiger partial charge in [-0.25, -0.2) is 0 Å². The molecule has 1 heterocycles. The molecule has 1 saturated carbocycles.